The standard InChI is InChI=1S/C18H26N2O/c1-13-7-3-6-10-17(13)20(2)18(21)16-12-11-14-8-4-5-9-15(14)19-16/h3,6-7,10,14-16,19H,4-5,8-9,11-12H2,1-2H3. The maximum atomic E-state index is 12.8. The van der Waals surface area contributed by atoms with Crippen LogP contribution in [0, 0.1) is 12.8 Å². The fourth-order valence-electron chi connectivity index (χ4n) is 3.98. The third-order valence-electron chi connectivity index (χ3n) is 5.26. The van der Waals surface area contributed by atoms with Gasteiger partial charge in [0, 0.05) is 18.8 Å². The summed E-state index contributed by atoms with van der Waals surface area (Å²) in [6.45, 7) is 2.06. The van der Waals surface area contributed by atoms with Gasteiger partial charge in [-0.3, -0.25) is 4.79 Å². The lowest BCUT2D eigenvalue weighted by molar-refractivity contribution is -0.121. The molecule has 1 aliphatic carbocycles. The monoisotopic (exact) mass is 286 g/mol. The molecule has 1 saturated carbocycles. The molecule has 3 nitrogen and oxygen atoms in total. The third kappa shape index (κ3) is 2.98. The largest absolute Gasteiger partial charge is 0.314 e. The third-order valence-corrected chi connectivity index (χ3v) is 5.26. The van der Waals surface area contributed by atoms with Crippen LogP contribution in [0.2, 0.25) is 0 Å². The van der Waals surface area contributed by atoms with Crippen LogP contribution in [0.25, 0.3) is 0 Å². The van der Waals surface area contributed by atoms with Gasteiger partial charge in [0.1, 0.15) is 0 Å². The van der Waals surface area contributed by atoms with Crippen LogP contribution in [0.5, 0.6) is 0 Å². The molecule has 0 spiro atoms. The van der Waals surface area contributed by atoms with Gasteiger partial charge in [-0.1, -0.05) is 31.0 Å². The highest BCUT2D eigenvalue weighted by Gasteiger charge is 2.35. The van der Waals surface area contributed by atoms with E-state index >= 15 is 0 Å². The van der Waals surface area contributed by atoms with Crippen molar-refractivity contribution in [1.82, 2.24) is 5.32 Å². The van der Waals surface area contributed by atoms with E-state index in [1.807, 2.05) is 30.1 Å². The molecule has 0 bridgehead atoms. The Balaban J connectivity index is 1.69. The number of piperidine rings is 1. The van der Waals surface area contributed by atoms with E-state index in [1.54, 1.807) is 0 Å². The number of carbonyl (C=O) groups excluding carboxylic acids is 1. The minimum atomic E-state index is -0.00560. The highest BCUT2D eigenvalue weighted by molar-refractivity contribution is 5.97. The number of benzene rings is 1. The molecule has 3 atom stereocenters. The van der Waals surface area contributed by atoms with Gasteiger partial charge >= 0.3 is 0 Å². The SMILES string of the molecule is Cc1ccccc1N(C)C(=O)C1CCC2CCCCC2N1. The molecule has 1 aromatic carbocycles. The van der Waals surface area contributed by atoms with Crippen LogP contribution in [0.15, 0.2) is 24.3 Å². The number of para-hydroxylation sites is 1. The van der Waals surface area contributed by atoms with Gasteiger partial charge in [0.05, 0.1) is 6.04 Å². The first kappa shape index (κ1) is 14.6. The summed E-state index contributed by atoms with van der Waals surface area (Å²) in [6, 6.07) is 8.66. The molecule has 3 rings (SSSR count). The number of nitrogens with one attached hydrogen (secondary N) is 1. The van der Waals surface area contributed by atoms with Crippen molar-refractivity contribution >= 4 is 11.6 Å². The van der Waals surface area contributed by atoms with Crippen molar-refractivity contribution in [3.63, 3.8) is 0 Å². The van der Waals surface area contributed by atoms with E-state index in [-0.39, 0.29) is 11.9 Å². The van der Waals surface area contributed by atoms with Crippen molar-refractivity contribution in [2.75, 3.05) is 11.9 Å². The quantitative estimate of drug-likeness (QED) is 0.905. The summed E-state index contributed by atoms with van der Waals surface area (Å²) in [6.07, 6.45) is 7.44. The fourth-order valence-corrected chi connectivity index (χ4v) is 3.98. The summed E-state index contributed by atoms with van der Waals surface area (Å²) in [5.74, 6) is 1.01. The lowest BCUT2D eigenvalue weighted by Crippen LogP contribution is -2.55. The smallest absolute Gasteiger partial charge is 0.243 e. The van der Waals surface area contributed by atoms with E-state index in [2.05, 4.69) is 18.3 Å². The molecule has 2 fully saturated rings. The second-order valence-corrected chi connectivity index (χ2v) is 6.63. The number of rotatable bonds is 2. The van der Waals surface area contributed by atoms with Gasteiger partial charge < -0.3 is 10.2 Å². The fraction of sp³-hybridized carbons (Fsp3) is 0.611. The highest BCUT2D eigenvalue weighted by Crippen LogP contribution is 2.33. The molecular formula is C18H26N2O. The van der Waals surface area contributed by atoms with Crippen molar-refractivity contribution < 1.29 is 4.79 Å². The molecule has 3 heteroatoms. The zero-order valence-electron chi connectivity index (χ0n) is 13.1. The lowest BCUT2D eigenvalue weighted by atomic mass is 9.77. The zero-order valence-corrected chi connectivity index (χ0v) is 13.1. The molecule has 1 aromatic rings. The van der Waals surface area contributed by atoms with Crippen molar-refractivity contribution in [3.05, 3.63) is 29.8 Å². The molecule has 114 valence electrons. The Kier molecular flexibility index (Phi) is 4.29. The van der Waals surface area contributed by atoms with Crippen LogP contribution in [0.3, 0.4) is 0 Å². The average molecular weight is 286 g/mol. The summed E-state index contributed by atoms with van der Waals surface area (Å²) in [5.41, 5.74) is 2.18. The molecule has 0 aromatic heterocycles. The number of aryl methyl sites for hydroxylation is 1. The number of nitrogens with zero attached hydrogens (tertiary/aromatic N) is 1. The van der Waals surface area contributed by atoms with Gasteiger partial charge in [0.2, 0.25) is 5.91 Å². The van der Waals surface area contributed by atoms with Gasteiger partial charge in [-0.15, -0.1) is 0 Å². The van der Waals surface area contributed by atoms with E-state index in [9.17, 15) is 4.79 Å². The Morgan fingerprint density at radius 1 is 1.14 bits per heavy atom. The molecule has 21 heavy (non-hydrogen) atoms. The molecular weight excluding hydrogens is 260 g/mol. The van der Waals surface area contributed by atoms with Gasteiger partial charge in [0.25, 0.3) is 0 Å². The molecule has 1 amide bonds. The molecule has 1 aliphatic heterocycles. The van der Waals surface area contributed by atoms with E-state index in [4.69, 9.17) is 0 Å². The number of carbonyl (C=O) groups is 1. The average Bonchev–Trinajstić information content (AvgIpc) is 2.53. The minimum absolute atomic E-state index is 0.00560. The van der Waals surface area contributed by atoms with Crippen molar-refractivity contribution in [1.29, 1.82) is 0 Å². The maximum absolute atomic E-state index is 12.8. The van der Waals surface area contributed by atoms with Gasteiger partial charge in [-0.25, -0.2) is 0 Å². The van der Waals surface area contributed by atoms with Gasteiger partial charge in [-0.05, 0) is 50.2 Å². The van der Waals surface area contributed by atoms with E-state index < -0.39 is 0 Å². The number of hydrogen-bond acceptors (Lipinski definition) is 2. The number of fused-ring (bicyclic) bond motifs is 1. The van der Waals surface area contributed by atoms with Gasteiger partial charge in [0.15, 0.2) is 0 Å². The summed E-state index contributed by atoms with van der Waals surface area (Å²) < 4.78 is 0. The van der Waals surface area contributed by atoms with E-state index in [1.165, 1.54) is 32.1 Å². The minimum Gasteiger partial charge on any atom is -0.314 e. The normalized spacial score (nSPS) is 28.8. The Hall–Kier alpha value is -1.35. The second-order valence-electron chi connectivity index (χ2n) is 6.63. The Morgan fingerprint density at radius 2 is 1.90 bits per heavy atom. The Labute approximate surface area is 127 Å². The molecule has 0 radical (unpaired) electrons. The number of likely N-dealkylation sites (N-methyl/N-ethyl adjacent to an activating group) is 1. The number of amides is 1. The number of hydrogen-bond donors (Lipinski definition) is 1. The summed E-state index contributed by atoms with van der Waals surface area (Å²) in [4.78, 5) is 14.6. The molecule has 1 saturated heterocycles. The predicted molar refractivity (Wildman–Crippen MR) is 86.5 cm³/mol. The van der Waals surface area contributed by atoms with Crippen molar-refractivity contribution in [3.8, 4) is 0 Å². The molecule has 3 unspecified atom stereocenters. The van der Waals surface area contributed by atoms with Crippen LogP contribution < -0.4 is 10.2 Å². The van der Waals surface area contributed by atoms with Crippen LogP contribution in [-0.4, -0.2) is 25.0 Å². The van der Waals surface area contributed by atoms with Crippen LogP contribution in [-0.2, 0) is 4.79 Å². The summed E-state index contributed by atoms with van der Waals surface area (Å²) in [5, 5.41) is 3.63. The maximum Gasteiger partial charge on any atom is 0.243 e. The lowest BCUT2D eigenvalue weighted by Gasteiger charge is -2.40. The topological polar surface area (TPSA) is 32.3 Å². The van der Waals surface area contributed by atoms with Crippen molar-refractivity contribution in [2.24, 2.45) is 5.92 Å². The zero-order chi connectivity index (χ0) is 14.8. The Morgan fingerprint density at radius 3 is 2.71 bits per heavy atom. The molecule has 1 heterocycles. The molecule has 1 N–H and O–H groups in total. The highest BCUT2D eigenvalue weighted by atomic mass is 16.2. The number of anilines is 1. The van der Waals surface area contributed by atoms with E-state index in [0.717, 1.165) is 23.6 Å². The van der Waals surface area contributed by atoms with Gasteiger partial charge in [-0.2, -0.15) is 0 Å². The second kappa shape index (κ2) is 6.18. The molecule has 2 aliphatic rings. The summed E-state index contributed by atoms with van der Waals surface area (Å²) in [7, 11) is 1.90. The Bertz CT molecular complexity index is 514. The first-order valence-electron chi connectivity index (χ1n) is 8.26. The predicted octanol–water partition coefficient (Wildman–Crippen LogP) is 3.27. The first-order chi connectivity index (χ1) is 10.2. The first-order valence-corrected chi connectivity index (χ1v) is 8.26. The van der Waals surface area contributed by atoms with Crippen LogP contribution in [0.4, 0.5) is 5.69 Å². The van der Waals surface area contributed by atoms with E-state index in [0.29, 0.717) is 6.04 Å². The van der Waals surface area contributed by atoms with Crippen LogP contribution in [0.1, 0.15) is 44.1 Å². The summed E-state index contributed by atoms with van der Waals surface area (Å²) >= 11 is 0. The van der Waals surface area contributed by atoms with Crippen LogP contribution >= 0.6 is 0 Å². The van der Waals surface area contributed by atoms with Crippen molar-refractivity contribution in [2.45, 2.75) is 57.5 Å².